The predicted octanol–water partition coefficient (Wildman–Crippen LogP) is 1.72. The summed E-state index contributed by atoms with van der Waals surface area (Å²) in [5.41, 5.74) is 1.95. The summed E-state index contributed by atoms with van der Waals surface area (Å²) < 4.78 is 6.45. The topological polar surface area (TPSA) is 85.8 Å². The molecule has 100 valence electrons. The molecule has 0 aliphatic carbocycles. The summed E-state index contributed by atoms with van der Waals surface area (Å²) in [4.78, 5) is 11.9. The Bertz CT molecular complexity index is 733. The van der Waals surface area contributed by atoms with Gasteiger partial charge in [0.05, 0.1) is 11.8 Å². The summed E-state index contributed by atoms with van der Waals surface area (Å²) in [6.45, 7) is 0. The van der Waals surface area contributed by atoms with Crippen LogP contribution in [0.5, 0.6) is 0 Å². The van der Waals surface area contributed by atoms with Gasteiger partial charge < -0.3 is 9.73 Å². The van der Waals surface area contributed by atoms with Crippen LogP contribution in [-0.2, 0) is 7.05 Å². The van der Waals surface area contributed by atoms with Gasteiger partial charge in [-0.25, -0.2) is 4.68 Å². The predicted molar refractivity (Wildman–Crippen MR) is 70.9 cm³/mol. The number of tetrazole rings is 1. The standard InChI is InChI=1S/C13H11N5O2/c1-18-12(15-16-17-18)9-3-2-4-11(7-9)14-13(19)10-5-6-20-8-10/h2-8H,1H3,(H,14,19). The molecule has 3 aromatic rings. The third-order valence-electron chi connectivity index (χ3n) is 2.78. The van der Waals surface area contributed by atoms with Crippen LogP contribution in [0.2, 0.25) is 0 Å². The van der Waals surface area contributed by atoms with Crippen LogP contribution >= 0.6 is 0 Å². The second-order valence-electron chi connectivity index (χ2n) is 4.17. The van der Waals surface area contributed by atoms with Gasteiger partial charge in [-0.05, 0) is 28.6 Å². The Balaban J connectivity index is 1.85. The third kappa shape index (κ3) is 2.28. The number of nitrogens with one attached hydrogen (secondary N) is 1. The number of hydrogen-bond donors (Lipinski definition) is 1. The minimum absolute atomic E-state index is 0.230. The average Bonchev–Trinajstić information content (AvgIpc) is 3.10. The molecule has 0 radical (unpaired) electrons. The minimum atomic E-state index is -0.230. The van der Waals surface area contributed by atoms with Gasteiger partial charge in [0.15, 0.2) is 5.82 Å². The molecule has 7 heteroatoms. The molecule has 1 aromatic carbocycles. The lowest BCUT2D eigenvalue weighted by atomic mass is 10.2. The Hall–Kier alpha value is -2.96. The lowest BCUT2D eigenvalue weighted by Crippen LogP contribution is -2.10. The summed E-state index contributed by atoms with van der Waals surface area (Å²) in [7, 11) is 1.76. The first-order valence-electron chi connectivity index (χ1n) is 5.90. The third-order valence-corrected chi connectivity index (χ3v) is 2.78. The van der Waals surface area contributed by atoms with Gasteiger partial charge in [0.25, 0.3) is 5.91 Å². The van der Waals surface area contributed by atoms with E-state index in [1.165, 1.54) is 12.5 Å². The molecule has 3 rings (SSSR count). The molecule has 0 aliphatic rings. The maximum atomic E-state index is 11.9. The van der Waals surface area contributed by atoms with Gasteiger partial charge in [-0.15, -0.1) is 5.10 Å². The number of furan rings is 1. The zero-order valence-electron chi connectivity index (χ0n) is 10.6. The maximum absolute atomic E-state index is 11.9. The van der Waals surface area contributed by atoms with E-state index in [-0.39, 0.29) is 5.91 Å². The second kappa shape index (κ2) is 4.96. The lowest BCUT2D eigenvalue weighted by molar-refractivity contribution is 0.102. The van der Waals surface area contributed by atoms with Crippen molar-refractivity contribution < 1.29 is 9.21 Å². The quantitative estimate of drug-likeness (QED) is 0.782. The Kier molecular flexibility index (Phi) is 3.00. The van der Waals surface area contributed by atoms with Crippen LogP contribution in [-0.4, -0.2) is 26.1 Å². The van der Waals surface area contributed by atoms with Crippen molar-refractivity contribution in [2.45, 2.75) is 0 Å². The summed E-state index contributed by atoms with van der Waals surface area (Å²) in [6, 6.07) is 8.91. The van der Waals surface area contributed by atoms with Crippen LogP contribution in [0.4, 0.5) is 5.69 Å². The second-order valence-corrected chi connectivity index (χ2v) is 4.17. The molecule has 0 saturated heterocycles. The fourth-order valence-electron chi connectivity index (χ4n) is 1.81. The van der Waals surface area contributed by atoms with Crippen LogP contribution < -0.4 is 5.32 Å². The monoisotopic (exact) mass is 269 g/mol. The Labute approximate surface area is 114 Å². The molecule has 2 heterocycles. The van der Waals surface area contributed by atoms with Gasteiger partial charge in [0, 0.05) is 18.3 Å². The zero-order chi connectivity index (χ0) is 13.9. The van der Waals surface area contributed by atoms with Gasteiger partial charge >= 0.3 is 0 Å². The molecule has 0 aliphatic heterocycles. The number of amides is 1. The Morgan fingerprint density at radius 1 is 1.35 bits per heavy atom. The largest absolute Gasteiger partial charge is 0.472 e. The summed E-state index contributed by atoms with van der Waals surface area (Å²) >= 11 is 0. The molecule has 1 amide bonds. The number of benzene rings is 1. The van der Waals surface area contributed by atoms with E-state index in [2.05, 4.69) is 20.8 Å². The van der Waals surface area contributed by atoms with E-state index in [1.54, 1.807) is 23.9 Å². The van der Waals surface area contributed by atoms with E-state index < -0.39 is 0 Å². The van der Waals surface area contributed by atoms with Gasteiger partial charge in [-0.1, -0.05) is 12.1 Å². The molecule has 0 saturated carbocycles. The normalized spacial score (nSPS) is 10.4. The summed E-state index contributed by atoms with van der Waals surface area (Å²) in [6.07, 6.45) is 2.85. The van der Waals surface area contributed by atoms with Crippen LogP contribution in [0.3, 0.4) is 0 Å². The first kappa shape index (κ1) is 12.1. The summed E-state index contributed by atoms with van der Waals surface area (Å²) in [5, 5.41) is 14.1. The Morgan fingerprint density at radius 2 is 2.25 bits per heavy atom. The first-order valence-corrected chi connectivity index (χ1v) is 5.90. The highest BCUT2D eigenvalue weighted by atomic mass is 16.3. The van der Waals surface area contributed by atoms with Crippen molar-refractivity contribution in [3.8, 4) is 11.4 Å². The lowest BCUT2D eigenvalue weighted by Gasteiger charge is -2.05. The first-order chi connectivity index (χ1) is 9.74. The van der Waals surface area contributed by atoms with E-state index in [0.717, 1.165) is 5.56 Å². The van der Waals surface area contributed by atoms with E-state index >= 15 is 0 Å². The van der Waals surface area contributed by atoms with Crippen molar-refractivity contribution in [1.82, 2.24) is 20.2 Å². The molecule has 7 nitrogen and oxygen atoms in total. The zero-order valence-corrected chi connectivity index (χ0v) is 10.6. The number of aromatic nitrogens is 4. The van der Waals surface area contributed by atoms with Crippen LogP contribution in [0.15, 0.2) is 47.3 Å². The molecular weight excluding hydrogens is 258 g/mol. The van der Waals surface area contributed by atoms with Crippen LogP contribution in [0.25, 0.3) is 11.4 Å². The molecule has 0 unspecified atom stereocenters. The molecule has 1 N–H and O–H groups in total. The number of aryl methyl sites for hydroxylation is 1. The highest BCUT2D eigenvalue weighted by molar-refractivity contribution is 6.04. The van der Waals surface area contributed by atoms with E-state index in [0.29, 0.717) is 17.1 Å². The molecule has 0 bridgehead atoms. The molecular formula is C13H11N5O2. The highest BCUT2D eigenvalue weighted by Crippen LogP contribution is 2.20. The van der Waals surface area contributed by atoms with Gasteiger partial charge in [-0.2, -0.15) is 0 Å². The van der Waals surface area contributed by atoms with Gasteiger partial charge in [0.2, 0.25) is 0 Å². The molecule has 20 heavy (non-hydrogen) atoms. The number of anilines is 1. The van der Waals surface area contributed by atoms with Gasteiger partial charge in [-0.3, -0.25) is 4.79 Å². The molecule has 0 spiro atoms. The summed E-state index contributed by atoms with van der Waals surface area (Å²) in [5.74, 6) is 0.399. The van der Waals surface area contributed by atoms with Crippen molar-refractivity contribution in [3.63, 3.8) is 0 Å². The number of carbonyl (C=O) groups excluding carboxylic acids is 1. The fourth-order valence-corrected chi connectivity index (χ4v) is 1.81. The smallest absolute Gasteiger partial charge is 0.258 e. The molecule has 0 atom stereocenters. The van der Waals surface area contributed by atoms with E-state index in [9.17, 15) is 4.79 Å². The molecule has 2 aromatic heterocycles. The number of hydrogen-bond acceptors (Lipinski definition) is 5. The Morgan fingerprint density at radius 3 is 2.95 bits per heavy atom. The average molecular weight is 269 g/mol. The highest BCUT2D eigenvalue weighted by Gasteiger charge is 2.10. The van der Waals surface area contributed by atoms with Crippen LogP contribution in [0, 0.1) is 0 Å². The molecule has 0 fully saturated rings. The number of rotatable bonds is 3. The minimum Gasteiger partial charge on any atom is -0.472 e. The fraction of sp³-hybridized carbons (Fsp3) is 0.0769. The SMILES string of the molecule is Cn1nnnc1-c1cccc(NC(=O)c2ccoc2)c1. The maximum Gasteiger partial charge on any atom is 0.258 e. The van der Waals surface area contributed by atoms with Crippen molar-refractivity contribution in [3.05, 3.63) is 48.4 Å². The van der Waals surface area contributed by atoms with Gasteiger partial charge in [0.1, 0.15) is 6.26 Å². The van der Waals surface area contributed by atoms with Crippen molar-refractivity contribution >= 4 is 11.6 Å². The van der Waals surface area contributed by atoms with Crippen molar-refractivity contribution in [2.24, 2.45) is 7.05 Å². The number of carbonyl (C=O) groups is 1. The van der Waals surface area contributed by atoms with Crippen molar-refractivity contribution in [1.29, 1.82) is 0 Å². The van der Waals surface area contributed by atoms with E-state index in [4.69, 9.17) is 4.42 Å². The van der Waals surface area contributed by atoms with Crippen LogP contribution in [0.1, 0.15) is 10.4 Å². The van der Waals surface area contributed by atoms with E-state index in [1.807, 2.05) is 18.2 Å². The number of nitrogens with zero attached hydrogens (tertiary/aromatic N) is 4. The van der Waals surface area contributed by atoms with Crippen molar-refractivity contribution in [2.75, 3.05) is 5.32 Å².